The van der Waals surface area contributed by atoms with Crippen LogP contribution in [0.25, 0.3) is 22.5 Å². The molecule has 1 amide bonds. The van der Waals surface area contributed by atoms with Crippen molar-refractivity contribution in [2.75, 3.05) is 31.3 Å². The van der Waals surface area contributed by atoms with Crippen LogP contribution >= 0.6 is 0 Å². The summed E-state index contributed by atoms with van der Waals surface area (Å²) in [7, 11) is 3.36. The number of anilines is 2. The zero-order chi connectivity index (χ0) is 26.9. The van der Waals surface area contributed by atoms with Gasteiger partial charge in [-0.3, -0.25) is 9.59 Å². The van der Waals surface area contributed by atoms with Gasteiger partial charge in [-0.25, -0.2) is 5.10 Å². The molecule has 10 nitrogen and oxygen atoms in total. The van der Waals surface area contributed by atoms with Crippen molar-refractivity contribution in [3.63, 3.8) is 0 Å². The SMILES string of the molecule is CCCCCNc1ccn(CC(=O)N(C)C)c(=O)c1NCc1ccc(-c2ccccc2-c2nnn[nH]2)cc1. The number of nitrogens with zero attached hydrogens (tertiary/aromatic N) is 5. The molecule has 3 N–H and O–H groups in total. The summed E-state index contributed by atoms with van der Waals surface area (Å²) in [5.41, 5.74) is 4.95. The minimum atomic E-state index is -0.230. The quantitative estimate of drug-likeness (QED) is 0.244. The molecular formula is C28H34N8O2. The van der Waals surface area contributed by atoms with Crippen LogP contribution in [0.1, 0.15) is 31.7 Å². The number of benzene rings is 2. The van der Waals surface area contributed by atoms with Gasteiger partial charge in [-0.05, 0) is 39.6 Å². The van der Waals surface area contributed by atoms with E-state index in [0.717, 1.165) is 53.7 Å². The average molecular weight is 515 g/mol. The maximum absolute atomic E-state index is 13.3. The van der Waals surface area contributed by atoms with Gasteiger partial charge in [0.25, 0.3) is 5.56 Å². The normalized spacial score (nSPS) is 10.8. The summed E-state index contributed by atoms with van der Waals surface area (Å²) in [5.74, 6) is 0.470. The summed E-state index contributed by atoms with van der Waals surface area (Å²) < 4.78 is 1.44. The molecule has 0 aliphatic heterocycles. The van der Waals surface area contributed by atoms with Crippen LogP contribution in [0.2, 0.25) is 0 Å². The van der Waals surface area contributed by atoms with Crippen LogP contribution in [0.5, 0.6) is 0 Å². The number of likely N-dealkylation sites (N-methyl/N-ethyl adjacent to an activating group) is 1. The zero-order valence-corrected chi connectivity index (χ0v) is 22.1. The van der Waals surface area contributed by atoms with Crippen molar-refractivity contribution >= 4 is 17.3 Å². The van der Waals surface area contributed by atoms with Crippen LogP contribution in [0.4, 0.5) is 11.4 Å². The molecule has 0 saturated heterocycles. The number of nitrogens with one attached hydrogen (secondary N) is 3. The van der Waals surface area contributed by atoms with E-state index < -0.39 is 0 Å². The molecule has 198 valence electrons. The number of aromatic nitrogens is 5. The number of amides is 1. The molecule has 0 aliphatic rings. The molecule has 0 fully saturated rings. The van der Waals surface area contributed by atoms with Crippen LogP contribution < -0.4 is 16.2 Å². The summed E-state index contributed by atoms with van der Waals surface area (Å²) in [6.45, 7) is 3.38. The third-order valence-electron chi connectivity index (χ3n) is 6.33. The number of aromatic amines is 1. The summed E-state index contributed by atoms with van der Waals surface area (Å²) >= 11 is 0. The van der Waals surface area contributed by atoms with E-state index in [1.807, 2.05) is 54.6 Å². The van der Waals surface area contributed by atoms with Crippen molar-refractivity contribution in [1.82, 2.24) is 30.1 Å². The van der Waals surface area contributed by atoms with Gasteiger partial charge in [0.1, 0.15) is 12.2 Å². The van der Waals surface area contributed by atoms with E-state index in [4.69, 9.17) is 0 Å². The van der Waals surface area contributed by atoms with Gasteiger partial charge in [0.15, 0.2) is 5.82 Å². The highest BCUT2D eigenvalue weighted by atomic mass is 16.2. The Balaban J connectivity index is 1.53. The average Bonchev–Trinajstić information content (AvgIpc) is 3.47. The molecule has 2 heterocycles. The van der Waals surface area contributed by atoms with E-state index in [9.17, 15) is 9.59 Å². The topological polar surface area (TPSA) is 121 Å². The number of pyridine rings is 1. The molecule has 0 atom stereocenters. The minimum Gasteiger partial charge on any atom is -0.383 e. The fourth-order valence-corrected chi connectivity index (χ4v) is 4.11. The number of carbonyl (C=O) groups excluding carboxylic acids is 1. The van der Waals surface area contributed by atoms with E-state index in [0.29, 0.717) is 18.1 Å². The van der Waals surface area contributed by atoms with Crippen LogP contribution in [-0.2, 0) is 17.9 Å². The Bertz CT molecular complexity index is 1400. The molecule has 2 aromatic heterocycles. The van der Waals surface area contributed by atoms with Crippen molar-refractivity contribution < 1.29 is 4.79 Å². The Labute approximate surface area is 222 Å². The predicted octanol–water partition coefficient (Wildman–Crippen LogP) is 4.00. The number of rotatable bonds is 12. The molecule has 2 aromatic carbocycles. The lowest BCUT2D eigenvalue weighted by atomic mass is 9.98. The molecule has 4 rings (SSSR count). The summed E-state index contributed by atoms with van der Waals surface area (Å²) in [4.78, 5) is 27.0. The highest BCUT2D eigenvalue weighted by molar-refractivity contribution is 5.80. The zero-order valence-electron chi connectivity index (χ0n) is 22.1. The second-order valence-corrected chi connectivity index (χ2v) is 9.31. The van der Waals surface area contributed by atoms with Crippen molar-refractivity contribution in [3.8, 4) is 22.5 Å². The van der Waals surface area contributed by atoms with Gasteiger partial charge < -0.3 is 20.1 Å². The van der Waals surface area contributed by atoms with E-state index in [1.165, 1.54) is 9.47 Å². The fourth-order valence-electron chi connectivity index (χ4n) is 4.11. The predicted molar refractivity (Wildman–Crippen MR) is 150 cm³/mol. The number of hydrogen-bond donors (Lipinski definition) is 3. The first-order chi connectivity index (χ1) is 18.5. The molecule has 0 bridgehead atoms. The lowest BCUT2D eigenvalue weighted by molar-refractivity contribution is -0.129. The van der Waals surface area contributed by atoms with Crippen molar-refractivity contribution in [3.05, 3.63) is 76.7 Å². The third kappa shape index (κ3) is 6.44. The molecule has 10 heteroatoms. The lowest BCUT2D eigenvalue weighted by Crippen LogP contribution is -2.32. The number of hydrogen-bond acceptors (Lipinski definition) is 7. The minimum absolute atomic E-state index is 0.00849. The first-order valence-electron chi connectivity index (χ1n) is 12.8. The van der Waals surface area contributed by atoms with Gasteiger partial charge in [0.2, 0.25) is 5.91 Å². The van der Waals surface area contributed by atoms with Crippen LogP contribution in [0, 0.1) is 0 Å². The Kier molecular flexibility index (Phi) is 8.86. The molecule has 0 spiro atoms. The van der Waals surface area contributed by atoms with E-state index in [1.54, 1.807) is 20.3 Å². The molecule has 0 unspecified atom stereocenters. The molecular weight excluding hydrogens is 480 g/mol. The lowest BCUT2D eigenvalue weighted by Gasteiger charge is -2.17. The number of tetrazole rings is 1. The highest BCUT2D eigenvalue weighted by Crippen LogP contribution is 2.30. The van der Waals surface area contributed by atoms with Crippen molar-refractivity contribution in [1.29, 1.82) is 0 Å². The molecule has 0 saturated carbocycles. The van der Waals surface area contributed by atoms with Gasteiger partial charge in [-0.1, -0.05) is 68.3 Å². The Morgan fingerprint density at radius 3 is 2.45 bits per heavy atom. The molecule has 4 aromatic rings. The highest BCUT2D eigenvalue weighted by Gasteiger charge is 2.14. The van der Waals surface area contributed by atoms with Crippen LogP contribution in [0.15, 0.2) is 65.6 Å². The van der Waals surface area contributed by atoms with E-state index in [-0.39, 0.29) is 18.0 Å². The van der Waals surface area contributed by atoms with Crippen molar-refractivity contribution in [2.24, 2.45) is 0 Å². The molecule has 0 aliphatic carbocycles. The van der Waals surface area contributed by atoms with E-state index in [2.05, 4.69) is 38.2 Å². The van der Waals surface area contributed by atoms with Gasteiger partial charge in [-0.2, -0.15) is 0 Å². The van der Waals surface area contributed by atoms with Gasteiger partial charge in [0, 0.05) is 38.9 Å². The van der Waals surface area contributed by atoms with E-state index >= 15 is 0 Å². The second kappa shape index (κ2) is 12.7. The van der Waals surface area contributed by atoms with Gasteiger partial charge in [0.05, 0.1) is 5.69 Å². The van der Waals surface area contributed by atoms with Crippen molar-refractivity contribution in [2.45, 2.75) is 39.3 Å². The Morgan fingerprint density at radius 1 is 1.00 bits per heavy atom. The third-order valence-corrected chi connectivity index (χ3v) is 6.33. The maximum Gasteiger partial charge on any atom is 0.276 e. The Hall–Kier alpha value is -4.47. The summed E-state index contributed by atoms with van der Waals surface area (Å²) in [6.07, 6.45) is 4.93. The van der Waals surface area contributed by atoms with Gasteiger partial charge >= 0.3 is 0 Å². The van der Waals surface area contributed by atoms with Gasteiger partial charge in [-0.15, -0.1) is 5.10 Å². The monoisotopic (exact) mass is 514 g/mol. The number of carbonyl (C=O) groups is 1. The molecule has 0 radical (unpaired) electrons. The standard InChI is InChI=1S/C28H34N8O2/c1-4-5-8-16-29-24-15-17-36(19-25(37)35(2)3)28(38)26(24)30-18-20-11-13-21(14-12-20)22-9-6-7-10-23(22)27-31-33-34-32-27/h6-7,9-15,17,29-30H,4-5,8,16,18-19H2,1-3H3,(H,31,32,33,34). The number of unbranched alkanes of at least 4 members (excludes halogenated alkanes) is 2. The molecule has 38 heavy (non-hydrogen) atoms. The second-order valence-electron chi connectivity index (χ2n) is 9.31. The maximum atomic E-state index is 13.3. The largest absolute Gasteiger partial charge is 0.383 e. The summed E-state index contributed by atoms with van der Waals surface area (Å²) in [5, 5.41) is 21.0. The fraction of sp³-hybridized carbons (Fsp3) is 0.321. The smallest absolute Gasteiger partial charge is 0.276 e. The first kappa shape index (κ1) is 26.6. The number of H-pyrrole nitrogens is 1. The van der Waals surface area contributed by atoms with Crippen LogP contribution in [-0.4, -0.2) is 56.6 Å². The Morgan fingerprint density at radius 2 is 1.76 bits per heavy atom. The summed E-state index contributed by atoms with van der Waals surface area (Å²) in [6, 6.07) is 17.9. The first-order valence-corrected chi connectivity index (χ1v) is 12.8. The van der Waals surface area contributed by atoms with Crippen LogP contribution in [0.3, 0.4) is 0 Å².